The molecule has 0 radical (unpaired) electrons. The Morgan fingerprint density at radius 2 is 2.19 bits per heavy atom. The molecule has 2 aromatic rings. The Morgan fingerprint density at radius 1 is 1.42 bits per heavy atom. The molecule has 2 amide bonds. The predicted molar refractivity (Wildman–Crippen MR) is 105 cm³/mol. The minimum atomic E-state index is -0.257. The van der Waals surface area contributed by atoms with Crippen LogP contribution in [0.5, 0.6) is 0 Å². The molecule has 0 bridgehead atoms. The van der Waals surface area contributed by atoms with Crippen molar-refractivity contribution in [1.29, 1.82) is 0 Å². The van der Waals surface area contributed by atoms with Gasteiger partial charge in [0.15, 0.2) is 0 Å². The summed E-state index contributed by atoms with van der Waals surface area (Å²) in [6.07, 6.45) is 4.44. The molecule has 1 aromatic heterocycles. The molecule has 0 spiro atoms. The number of H-pyrrole nitrogens is 1. The first-order valence-corrected chi connectivity index (χ1v) is 9.33. The second-order valence-corrected chi connectivity index (χ2v) is 7.56. The van der Waals surface area contributed by atoms with E-state index in [1.807, 2.05) is 26.1 Å². The van der Waals surface area contributed by atoms with Crippen molar-refractivity contribution in [3.63, 3.8) is 0 Å². The Labute approximate surface area is 163 Å². The van der Waals surface area contributed by atoms with Crippen molar-refractivity contribution >= 4 is 29.2 Å². The summed E-state index contributed by atoms with van der Waals surface area (Å²) in [7, 11) is 3.90. The van der Waals surface area contributed by atoms with Gasteiger partial charge in [0.2, 0.25) is 0 Å². The third-order valence-electron chi connectivity index (χ3n) is 4.96. The van der Waals surface area contributed by atoms with Crippen LogP contribution in [0.3, 0.4) is 0 Å². The van der Waals surface area contributed by atoms with Crippen molar-refractivity contribution in [2.24, 2.45) is 0 Å². The van der Waals surface area contributed by atoms with Gasteiger partial charge in [-0.2, -0.15) is 5.10 Å². The van der Waals surface area contributed by atoms with Gasteiger partial charge in [-0.05, 0) is 32.5 Å². The fraction of sp³-hybridized carbons (Fsp3) is 0.444. The number of hydrogen-bond acceptors (Lipinski definition) is 3. The molecule has 2 atom stereocenters. The number of likely N-dealkylation sites (N-methyl/N-ethyl adjacent to an activating group) is 2. The van der Waals surface area contributed by atoms with Gasteiger partial charge < -0.3 is 15.1 Å². The molecule has 3 rings (SSSR count). The lowest BCUT2D eigenvalue weighted by Crippen LogP contribution is -2.45. The third kappa shape index (κ3) is 3.82. The zero-order valence-electron chi connectivity index (χ0n) is 15.1. The summed E-state index contributed by atoms with van der Waals surface area (Å²) < 4.78 is 0. The number of aromatic amines is 1. The molecule has 1 aliphatic rings. The van der Waals surface area contributed by atoms with Crippen LogP contribution in [0.4, 0.5) is 4.79 Å². The summed E-state index contributed by atoms with van der Waals surface area (Å²) in [6, 6.07) is 3.66. The van der Waals surface area contributed by atoms with Crippen molar-refractivity contribution in [3.05, 3.63) is 40.1 Å². The number of nitrogens with one attached hydrogen (secondary N) is 2. The number of nitrogens with zero attached hydrogens (tertiary/aromatic N) is 3. The van der Waals surface area contributed by atoms with Crippen molar-refractivity contribution in [1.82, 2.24) is 25.3 Å². The van der Waals surface area contributed by atoms with E-state index in [0.717, 1.165) is 36.2 Å². The van der Waals surface area contributed by atoms with Crippen LogP contribution >= 0.6 is 23.2 Å². The summed E-state index contributed by atoms with van der Waals surface area (Å²) in [5.41, 5.74) is 2.46. The van der Waals surface area contributed by atoms with E-state index in [1.165, 1.54) is 0 Å². The van der Waals surface area contributed by atoms with Crippen LogP contribution < -0.4 is 5.32 Å². The molecule has 26 heavy (non-hydrogen) atoms. The van der Waals surface area contributed by atoms with E-state index < -0.39 is 0 Å². The Morgan fingerprint density at radius 3 is 2.81 bits per heavy atom. The fourth-order valence-electron chi connectivity index (χ4n) is 3.28. The van der Waals surface area contributed by atoms with Crippen LogP contribution in [-0.2, 0) is 0 Å². The second kappa shape index (κ2) is 7.86. The van der Waals surface area contributed by atoms with Gasteiger partial charge in [0.1, 0.15) is 0 Å². The van der Waals surface area contributed by atoms with E-state index in [-0.39, 0.29) is 18.1 Å². The first-order valence-electron chi connectivity index (χ1n) is 8.57. The zero-order chi connectivity index (χ0) is 18.8. The molecule has 0 saturated carbocycles. The maximum absolute atomic E-state index is 12.6. The lowest BCUT2D eigenvalue weighted by molar-refractivity contribution is 0.187. The van der Waals surface area contributed by atoms with Crippen LogP contribution in [0, 0.1) is 0 Å². The highest BCUT2D eigenvalue weighted by molar-refractivity contribution is 6.44. The summed E-state index contributed by atoms with van der Waals surface area (Å²) in [6.45, 7) is 3.81. The molecule has 2 N–H and O–H groups in total. The van der Waals surface area contributed by atoms with Crippen LogP contribution in [0.25, 0.3) is 11.1 Å². The van der Waals surface area contributed by atoms with Gasteiger partial charge in [0.05, 0.1) is 22.3 Å². The molecular formula is C18H23Cl2N5O. The highest BCUT2D eigenvalue weighted by Gasteiger charge is 2.27. The number of likely N-dealkylation sites (tertiary alicyclic amines) is 1. The van der Waals surface area contributed by atoms with Gasteiger partial charge in [0, 0.05) is 37.0 Å². The summed E-state index contributed by atoms with van der Waals surface area (Å²) in [4.78, 5) is 16.6. The quantitative estimate of drug-likeness (QED) is 0.827. The van der Waals surface area contributed by atoms with Gasteiger partial charge >= 0.3 is 6.03 Å². The highest BCUT2D eigenvalue weighted by Crippen LogP contribution is 2.37. The van der Waals surface area contributed by atoms with Gasteiger partial charge in [-0.25, -0.2) is 4.79 Å². The van der Waals surface area contributed by atoms with Crippen molar-refractivity contribution in [3.8, 4) is 11.1 Å². The fourth-order valence-corrected chi connectivity index (χ4v) is 3.89. The number of urea groups is 1. The number of carbonyl (C=O) groups is 1. The molecule has 6 nitrogen and oxygen atoms in total. The van der Waals surface area contributed by atoms with Crippen LogP contribution in [0.1, 0.15) is 24.9 Å². The molecule has 1 saturated heterocycles. The Bertz CT molecular complexity index is 780. The monoisotopic (exact) mass is 395 g/mol. The lowest BCUT2D eigenvalue weighted by atomic mass is 10.0. The molecule has 1 aromatic carbocycles. The second-order valence-electron chi connectivity index (χ2n) is 6.80. The first-order chi connectivity index (χ1) is 12.4. The maximum atomic E-state index is 12.6. The largest absolute Gasteiger partial charge is 0.331 e. The van der Waals surface area contributed by atoms with Crippen LogP contribution in [-0.4, -0.2) is 59.3 Å². The van der Waals surface area contributed by atoms with Crippen LogP contribution in [0.2, 0.25) is 10.0 Å². The standard InChI is InChI=1S/C18H23Cl2N5O/c1-11(23-18(26)25(3)13-6-7-24(2)10-13)14-4-5-15(17(20)16(14)19)12-8-21-22-9-12/h4-5,8-9,11,13H,6-7,10H2,1-3H3,(H,21,22)(H,23,26). The molecule has 1 fully saturated rings. The average Bonchev–Trinajstić information content (AvgIpc) is 3.28. The molecule has 0 aliphatic carbocycles. The van der Waals surface area contributed by atoms with E-state index >= 15 is 0 Å². The van der Waals surface area contributed by atoms with Gasteiger partial charge in [0.25, 0.3) is 0 Å². The van der Waals surface area contributed by atoms with Crippen molar-refractivity contribution in [2.45, 2.75) is 25.4 Å². The number of aromatic nitrogens is 2. The van der Waals surface area contributed by atoms with E-state index in [2.05, 4.69) is 27.5 Å². The number of rotatable bonds is 4. The van der Waals surface area contributed by atoms with Gasteiger partial charge in [-0.15, -0.1) is 0 Å². The topological polar surface area (TPSA) is 64.3 Å². The minimum absolute atomic E-state index is 0.107. The SMILES string of the molecule is CC(NC(=O)N(C)C1CCN(C)C1)c1ccc(-c2cn[nH]c2)c(Cl)c1Cl. The Hall–Kier alpha value is -1.76. The predicted octanol–water partition coefficient (Wildman–Crippen LogP) is 3.79. The third-order valence-corrected chi connectivity index (χ3v) is 5.86. The summed E-state index contributed by atoms with van der Waals surface area (Å²) in [5.74, 6) is 0. The number of hydrogen-bond donors (Lipinski definition) is 2. The molecule has 8 heteroatoms. The summed E-state index contributed by atoms with van der Waals surface area (Å²) in [5, 5.41) is 10.6. The van der Waals surface area contributed by atoms with E-state index in [4.69, 9.17) is 23.2 Å². The molecule has 140 valence electrons. The van der Waals surface area contributed by atoms with E-state index in [1.54, 1.807) is 17.3 Å². The maximum Gasteiger partial charge on any atom is 0.317 e. The van der Waals surface area contributed by atoms with Crippen molar-refractivity contribution < 1.29 is 4.79 Å². The van der Waals surface area contributed by atoms with Gasteiger partial charge in [-0.3, -0.25) is 5.10 Å². The van der Waals surface area contributed by atoms with E-state index in [0.29, 0.717) is 10.0 Å². The Balaban J connectivity index is 1.72. The van der Waals surface area contributed by atoms with Crippen molar-refractivity contribution in [2.75, 3.05) is 27.2 Å². The first kappa shape index (κ1) is 19.0. The molecule has 1 aliphatic heterocycles. The number of benzene rings is 1. The lowest BCUT2D eigenvalue weighted by Gasteiger charge is -2.27. The smallest absolute Gasteiger partial charge is 0.317 e. The highest BCUT2D eigenvalue weighted by atomic mass is 35.5. The van der Waals surface area contributed by atoms with Crippen LogP contribution in [0.15, 0.2) is 24.5 Å². The average molecular weight is 396 g/mol. The molecular weight excluding hydrogens is 373 g/mol. The molecule has 2 unspecified atom stereocenters. The molecule has 2 heterocycles. The van der Waals surface area contributed by atoms with Gasteiger partial charge in [-0.1, -0.05) is 35.3 Å². The normalized spacial score (nSPS) is 18.7. The number of amides is 2. The van der Waals surface area contributed by atoms with E-state index in [9.17, 15) is 4.79 Å². The Kier molecular flexibility index (Phi) is 5.75. The zero-order valence-corrected chi connectivity index (χ0v) is 16.6. The summed E-state index contributed by atoms with van der Waals surface area (Å²) >= 11 is 12.9. The number of halogens is 2. The minimum Gasteiger partial charge on any atom is -0.331 e. The number of carbonyl (C=O) groups excluding carboxylic acids is 1.